The summed E-state index contributed by atoms with van der Waals surface area (Å²) in [5.41, 5.74) is 11.8. The molecule has 0 saturated heterocycles. The molecule has 12 N–H and O–H groups in total. The fraction of sp³-hybridized carbons (Fsp3) is 0.357. The second-order valence-corrected chi connectivity index (χ2v) is 10.9. The zero-order valence-electron chi connectivity index (χ0n) is 25.9. The van der Waals surface area contributed by atoms with Crippen molar-refractivity contribution in [1.82, 2.24) is 41.2 Å². The van der Waals surface area contributed by atoms with Crippen molar-refractivity contribution in [3.8, 4) is 0 Å². The number of nitrogen functional groups attached to an aromatic ring is 1. The van der Waals surface area contributed by atoms with Gasteiger partial charge in [-0.25, -0.2) is 19.6 Å². The van der Waals surface area contributed by atoms with Crippen molar-refractivity contribution >= 4 is 71.0 Å². The van der Waals surface area contributed by atoms with Crippen molar-refractivity contribution in [2.24, 2.45) is 5.73 Å². The number of thiol groups is 1. The fourth-order valence-electron chi connectivity index (χ4n) is 4.13. The van der Waals surface area contributed by atoms with Gasteiger partial charge in [0.05, 0.1) is 18.4 Å². The Morgan fingerprint density at radius 1 is 0.918 bits per heavy atom. The average molecular weight is 702 g/mol. The third kappa shape index (κ3) is 10.9. The Morgan fingerprint density at radius 3 is 2.18 bits per heavy atom. The highest BCUT2D eigenvalue weighted by atomic mass is 32.1. The minimum atomic E-state index is -1.45. The van der Waals surface area contributed by atoms with Crippen LogP contribution in [0.25, 0.3) is 11.2 Å². The van der Waals surface area contributed by atoms with Crippen LogP contribution in [-0.2, 0) is 30.5 Å². The van der Waals surface area contributed by atoms with Crippen LogP contribution < -0.4 is 43.6 Å². The lowest BCUT2D eigenvalue weighted by atomic mass is 10.1. The second kappa shape index (κ2) is 17.4. The largest absolute Gasteiger partial charge is 0.480 e. The molecule has 0 radical (unpaired) electrons. The lowest BCUT2D eigenvalue weighted by Gasteiger charge is -2.22. The van der Waals surface area contributed by atoms with Crippen LogP contribution in [0.5, 0.6) is 0 Å². The van der Waals surface area contributed by atoms with Crippen LogP contribution in [0.2, 0.25) is 0 Å². The molecular formula is C28H35N11O9S. The molecule has 4 amide bonds. The van der Waals surface area contributed by atoms with Gasteiger partial charge in [-0.2, -0.15) is 17.6 Å². The minimum absolute atomic E-state index is 0.0202. The predicted octanol–water partition coefficient (Wildman–Crippen LogP) is -2.68. The molecule has 2 aromatic heterocycles. The smallest absolute Gasteiger partial charge is 0.327 e. The van der Waals surface area contributed by atoms with Gasteiger partial charge in [0.1, 0.15) is 24.2 Å². The summed E-state index contributed by atoms with van der Waals surface area (Å²) in [4.78, 5) is 99.6. The summed E-state index contributed by atoms with van der Waals surface area (Å²) in [6, 6.07) is 0.801. The van der Waals surface area contributed by atoms with Crippen molar-refractivity contribution in [3.05, 3.63) is 52.1 Å². The molecule has 0 bridgehead atoms. The number of nitrogens with one attached hydrogen (secondary N) is 6. The van der Waals surface area contributed by atoms with Gasteiger partial charge in [0.15, 0.2) is 11.2 Å². The molecule has 2 heterocycles. The van der Waals surface area contributed by atoms with E-state index in [-0.39, 0.29) is 54.4 Å². The lowest BCUT2D eigenvalue weighted by molar-refractivity contribution is -0.141. The first-order valence-corrected chi connectivity index (χ1v) is 15.2. The number of rotatable bonds is 17. The maximum absolute atomic E-state index is 12.8. The third-order valence-electron chi connectivity index (χ3n) is 6.81. The van der Waals surface area contributed by atoms with Crippen LogP contribution in [-0.4, -0.2) is 102 Å². The van der Waals surface area contributed by atoms with Gasteiger partial charge >= 0.3 is 11.9 Å². The number of nitrogens with two attached hydrogens (primary N) is 2. The van der Waals surface area contributed by atoms with E-state index in [1.807, 2.05) is 0 Å². The summed E-state index contributed by atoms with van der Waals surface area (Å²) >= 11 is 3.85. The number of aromatic amines is 1. The van der Waals surface area contributed by atoms with Gasteiger partial charge in [-0.15, -0.1) is 0 Å². The molecule has 0 saturated carbocycles. The topological polar surface area (TPSA) is 327 Å². The van der Waals surface area contributed by atoms with Gasteiger partial charge in [0, 0.05) is 30.0 Å². The van der Waals surface area contributed by atoms with Gasteiger partial charge in [0.2, 0.25) is 23.7 Å². The van der Waals surface area contributed by atoms with Crippen LogP contribution in [0, 0.1) is 0 Å². The Morgan fingerprint density at radius 2 is 1.57 bits per heavy atom. The highest BCUT2D eigenvalue weighted by Crippen LogP contribution is 2.12. The van der Waals surface area contributed by atoms with Crippen LogP contribution in [0.4, 0.5) is 11.6 Å². The number of hydrogen-bond acceptors (Lipinski definition) is 14. The Kier molecular flexibility index (Phi) is 13.3. The maximum atomic E-state index is 12.8. The number of anilines is 2. The highest BCUT2D eigenvalue weighted by Gasteiger charge is 2.27. The maximum Gasteiger partial charge on any atom is 0.327 e. The van der Waals surface area contributed by atoms with E-state index in [0.717, 1.165) is 0 Å². The number of hydrogen-bond donors (Lipinski definition) is 11. The molecule has 4 atom stereocenters. The van der Waals surface area contributed by atoms with Gasteiger partial charge in [-0.3, -0.25) is 29.0 Å². The number of benzene rings is 1. The van der Waals surface area contributed by atoms with E-state index in [2.05, 4.69) is 59.1 Å². The number of carboxylic acid groups (broad SMARTS) is 2. The summed E-state index contributed by atoms with van der Waals surface area (Å²) in [7, 11) is 0. The zero-order chi connectivity index (χ0) is 36.2. The van der Waals surface area contributed by atoms with Crippen molar-refractivity contribution in [3.63, 3.8) is 0 Å². The van der Waals surface area contributed by atoms with Gasteiger partial charge in [0.25, 0.3) is 11.5 Å². The van der Waals surface area contributed by atoms with Crippen LogP contribution in [0.15, 0.2) is 35.3 Å². The first kappa shape index (κ1) is 37.6. The Balaban J connectivity index is 1.49. The average Bonchev–Trinajstić information content (AvgIpc) is 3.06. The van der Waals surface area contributed by atoms with Gasteiger partial charge < -0.3 is 48.3 Å². The molecule has 49 heavy (non-hydrogen) atoms. The normalized spacial score (nSPS) is 13.3. The third-order valence-corrected chi connectivity index (χ3v) is 7.17. The monoisotopic (exact) mass is 701 g/mol. The van der Waals surface area contributed by atoms with Gasteiger partial charge in [-0.1, -0.05) is 0 Å². The first-order chi connectivity index (χ1) is 23.2. The molecule has 21 heteroatoms. The number of aromatic nitrogens is 4. The number of aliphatic carboxylic acids is 2. The molecule has 0 aliphatic rings. The molecule has 3 aromatic rings. The van der Waals surface area contributed by atoms with E-state index < -0.39 is 65.3 Å². The number of carbonyl (C=O) groups is 6. The molecule has 1 aromatic carbocycles. The molecule has 0 aliphatic carbocycles. The van der Waals surface area contributed by atoms with E-state index in [1.54, 1.807) is 12.1 Å². The number of carbonyl (C=O) groups excluding carboxylic acids is 4. The van der Waals surface area contributed by atoms with Crippen molar-refractivity contribution in [1.29, 1.82) is 0 Å². The summed E-state index contributed by atoms with van der Waals surface area (Å²) in [6.45, 7) is 1.12. The lowest BCUT2D eigenvalue weighted by Crippen LogP contribution is -2.57. The molecule has 0 spiro atoms. The minimum Gasteiger partial charge on any atom is -0.480 e. The number of H-pyrrole nitrogens is 1. The van der Waals surface area contributed by atoms with Crippen molar-refractivity contribution in [2.75, 3.05) is 23.3 Å². The van der Waals surface area contributed by atoms with E-state index in [1.165, 1.54) is 25.3 Å². The molecule has 1 unspecified atom stereocenters. The van der Waals surface area contributed by atoms with E-state index >= 15 is 0 Å². The predicted molar refractivity (Wildman–Crippen MR) is 176 cm³/mol. The Hall–Kier alpha value is -5.83. The second-order valence-electron chi connectivity index (χ2n) is 10.5. The Labute approximate surface area is 282 Å². The number of fused-ring (bicyclic) bond motifs is 1. The number of nitrogens with zero attached hydrogens (tertiary/aromatic N) is 3. The fourth-order valence-corrected chi connectivity index (χ4v) is 4.38. The summed E-state index contributed by atoms with van der Waals surface area (Å²) in [6.07, 6.45) is 0.731. The zero-order valence-corrected chi connectivity index (χ0v) is 26.8. The molecule has 20 nitrogen and oxygen atoms in total. The van der Waals surface area contributed by atoms with E-state index in [9.17, 15) is 38.7 Å². The van der Waals surface area contributed by atoms with Crippen LogP contribution >= 0.6 is 12.6 Å². The standard InChI is InChI=1S/C28H35N11O9S/c1-12(22(41)36-17(8-29)24(43)37-18(11-49)27(47)48)33-19(40)7-6-16(26(45)46)35-23(42)13-2-4-14(5-3-13)31-9-15-10-32-21-20(34-15)25(44)39-28(30)38-21/h2-5,10,12,16-18,31,49H,6-9,11,29H2,1H3,(H,33,40)(H,35,42)(H,36,41)(H,37,43)(H,45,46)(H,47,48)(H3,30,32,38,39,44)/t12-,16-,17?,18-/m0/s1. The molecule has 262 valence electrons. The number of carboxylic acids is 2. The van der Waals surface area contributed by atoms with Crippen LogP contribution in [0.3, 0.4) is 0 Å². The summed E-state index contributed by atoms with van der Waals surface area (Å²) in [5, 5.41) is 30.9. The summed E-state index contributed by atoms with van der Waals surface area (Å²) in [5.74, 6) is -6.10. The van der Waals surface area contributed by atoms with E-state index in [4.69, 9.17) is 16.6 Å². The molecule has 3 rings (SSSR count). The molecule has 0 fully saturated rings. The SMILES string of the molecule is C[C@H](NC(=O)CC[C@H](NC(=O)c1ccc(NCc2cnc3nc(N)[nH]c(=O)c3n2)cc1)C(=O)O)C(=O)NC(CN)C(=O)N[C@@H](CS)C(=O)O. The van der Waals surface area contributed by atoms with Crippen molar-refractivity contribution < 1.29 is 39.0 Å². The molecule has 0 aliphatic heterocycles. The first-order valence-electron chi connectivity index (χ1n) is 14.5. The quantitative estimate of drug-likeness (QED) is 0.0639. The van der Waals surface area contributed by atoms with Crippen molar-refractivity contribution in [2.45, 2.75) is 50.5 Å². The van der Waals surface area contributed by atoms with Crippen LogP contribution in [0.1, 0.15) is 35.8 Å². The summed E-state index contributed by atoms with van der Waals surface area (Å²) < 4.78 is 0. The van der Waals surface area contributed by atoms with E-state index in [0.29, 0.717) is 11.4 Å². The highest BCUT2D eigenvalue weighted by molar-refractivity contribution is 7.80. The number of amides is 4. The van der Waals surface area contributed by atoms with Gasteiger partial charge in [-0.05, 0) is 37.6 Å². The Bertz CT molecular complexity index is 1770. The molecular weight excluding hydrogens is 666 g/mol.